The molecule has 0 aliphatic carbocycles. The molecule has 3 heterocycles. The van der Waals surface area contributed by atoms with Crippen molar-refractivity contribution in [1.29, 1.82) is 0 Å². The van der Waals surface area contributed by atoms with Gasteiger partial charge in [-0.05, 0) is 25.0 Å². The van der Waals surface area contributed by atoms with Gasteiger partial charge < -0.3 is 20.8 Å². The van der Waals surface area contributed by atoms with E-state index in [0.717, 1.165) is 23.5 Å². The van der Waals surface area contributed by atoms with Gasteiger partial charge in [0.2, 0.25) is 0 Å². The highest BCUT2D eigenvalue weighted by atomic mass is 35.5. The van der Waals surface area contributed by atoms with Crippen LogP contribution in [0.25, 0.3) is 0 Å². The van der Waals surface area contributed by atoms with Crippen molar-refractivity contribution >= 4 is 74.0 Å². The molecule has 1 saturated heterocycles. The molecule has 4 N–H and O–H groups in total. The topological polar surface area (TPSA) is 128 Å². The standard InChI is InChI=1S/C17H19Cl2N5O4S3/c18-10-4-1-5-11(13(10)19)20-15-16(23-30-22-15)21-12-8-29-17(14(12)26)31(27,28)24-6-2-3-9(24)7-25/h1,4-5,9,12,25-26H,2-3,6-8H2,(H,20,22)(H,21,23). The largest absolute Gasteiger partial charge is 0.508 e. The fourth-order valence-corrected chi connectivity index (χ4v) is 7.76. The molecular formula is C17H19Cl2N5O4S3. The van der Waals surface area contributed by atoms with Crippen LogP contribution in [0.5, 0.6) is 0 Å². The lowest BCUT2D eigenvalue weighted by Crippen LogP contribution is -2.38. The third-order valence-electron chi connectivity index (χ3n) is 5.00. The lowest BCUT2D eigenvalue weighted by atomic mass is 10.2. The van der Waals surface area contributed by atoms with E-state index in [-0.39, 0.29) is 16.6 Å². The molecule has 4 rings (SSSR count). The Morgan fingerprint density at radius 2 is 2.03 bits per heavy atom. The van der Waals surface area contributed by atoms with Gasteiger partial charge in [-0.2, -0.15) is 13.1 Å². The molecule has 31 heavy (non-hydrogen) atoms. The number of aliphatic hydroxyl groups excluding tert-OH is 2. The summed E-state index contributed by atoms with van der Waals surface area (Å²) in [6, 6.07) is 4.01. The van der Waals surface area contributed by atoms with Gasteiger partial charge in [-0.3, -0.25) is 0 Å². The lowest BCUT2D eigenvalue weighted by Gasteiger charge is -2.22. The second kappa shape index (κ2) is 9.30. The van der Waals surface area contributed by atoms with Crippen molar-refractivity contribution in [2.75, 3.05) is 29.5 Å². The highest BCUT2D eigenvalue weighted by Gasteiger charge is 2.42. The third-order valence-corrected chi connectivity index (χ3v) is 10.1. The number of hydrogen-bond donors (Lipinski definition) is 4. The van der Waals surface area contributed by atoms with Crippen molar-refractivity contribution in [3.8, 4) is 0 Å². The Labute approximate surface area is 197 Å². The van der Waals surface area contributed by atoms with Gasteiger partial charge in [0.1, 0.15) is 5.76 Å². The van der Waals surface area contributed by atoms with Gasteiger partial charge in [0, 0.05) is 18.3 Å². The Bertz CT molecular complexity index is 1110. The molecule has 2 aliphatic rings. The van der Waals surface area contributed by atoms with Gasteiger partial charge in [0.15, 0.2) is 15.9 Å². The molecule has 0 saturated carbocycles. The number of nitrogens with one attached hydrogen (secondary N) is 2. The summed E-state index contributed by atoms with van der Waals surface area (Å²) in [5.74, 6) is 0.759. The number of halogens is 2. The molecule has 0 spiro atoms. The van der Waals surface area contributed by atoms with Crippen LogP contribution in [0, 0.1) is 0 Å². The summed E-state index contributed by atoms with van der Waals surface area (Å²) in [5.41, 5.74) is 0.540. The second-order valence-corrected chi connectivity index (χ2v) is 11.4. The highest BCUT2D eigenvalue weighted by molar-refractivity contribution is 8.18. The minimum Gasteiger partial charge on any atom is -0.508 e. The molecule has 14 heteroatoms. The SMILES string of the molecule is O=S(=O)(C1=C(O)C(Nc2nsnc2Nc2cccc(Cl)c2Cl)CS1)N1CCCC1CO. The maximum absolute atomic E-state index is 13.0. The molecular weight excluding hydrogens is 505 g/mol. The smallest absolute Gasteiger partial charge is 0.252 e. The number of thioether (sulfide) groups is 1. The van der Waals surface area contributed by atoms with Crippen molar-refractivity contribution in [3.05, 3.63) is 38.2 Å². The van der Waals surface area contributed by atoms with Crippen LogP contribution >= 0.6 is 46.7 Å². The summed E-state index contributed by atoms with van der Waals surface area (Å²) < 4.78 is 35.6. The Kier molecular flexibility index (Phi) is 6.87. The van der Waals surface area contributed by atoms with E-state index >= 15 is 0 Å². The predicted molar refractivity (Wildman–Crippen MR) is 125 cm³/mol. The lowest BCUT2D eigenvalue weighted by molar-refractivity contribution is 0.214. The average Bonchev–Trinajstić information content (AvgIpc) is 3.47. The molecule has 1 aromatic heterocycles. The molecule has 1 fully saturated rings. The zero-order valence-corrected chi connectivity index (χ0v) is 19.9. The molecule has 0 bridgehead atoms. The summed E-state index contributed by atoms with van der Waals surface area (Å²) in [6.07, 6.45) is 1.28. The molecule has 2 aromatic rings. The Morgan fingerprint density at radius 3 is 2.81 bits per heavy atom. The van der Waals surface area contributed by atoms with Gasteiger partial charge >= 0.3 is 0 Å². The molecule has 2 aliphatic heterocycles. The molecule has 168 valence electrons. The Hall–Kier alpha value is -1.28. The van der Waals surface area contributed by atoms with E-state index in [1.807, 2.05) is 0 Å². The highest BCUT2D eigenvalue weighted by Crippen LogP contribution is 2.40. The molecule has 9 nitrogen and oxygen atoms in total. The zero-order valence-electron chi connectivity index (χ0n) is 16.0. The molecule has 2 unspecified atom stereocenters. The van der Waals surface area contributed by atoms with Crippen molar-refractivity contribution in [2.45, 2.75) is 24.9 Å². The maximum Gasteiger partial charge on any atom is 0.252 e. The molecule has 1 aromatic carbocycles. The number of anilines is 3. The van der Waals surface area contributed by atoms with Crippen LogP contribution in [0.3, 0.4) is 0 Å². The van der Waals surface area contributed by atoms with Gasteiger partial charge in [0.05, 0.1) is 40.1 Å². The van der Waals surface area contributed by atoms with Crippen LogP contribution in [0.1, 0.15) is 12.8 Å². The Morgan fingerprint density at radius 1 is 1.26 bits per heavy atom. The number of rotatable bonds is 7. The van der Waals surface area contributed by atoms with E-state index in [0.29, 0.717) is 52.5 Å². The van der Waals surface area contributed by atoms with E-state index in [9.17, 15) is 18.6 Å². The summed E-state index contributed by atoms with van der Waals surface area (Å²) in [6.45, 7) is 0.0820. The minimum atomic E-state index is -3.89. The van der Waals surface area contributed by atoms with Crippen molar-refractivity contribution in [2.24, 2.45) is 0 Å². The maximum atomic E-state index is 13.0. The van der Waals surface area contributed by atoms with Crippen molar-refractivity contribution in [3.63, 3.8) is 0 Å². The number of nitrogens with zero attached hydrogens (tertiary/aromatic N) is 3. The number of aliphatic hydroxyl groups is 2. The van der Waals surface area contributed by atoms with Gasteiger partial charge in [-0.1, -0.05) is 29.3 Å². The van der Waals surface area contributed by atoms with Gasteiger partial charge in [0.25, 0.3) is 10.0 Å². The number of benzene rings is 1. The van der Waals surface area contributed by atoms with E-state index in [1.54, 1.807) is 18.2 Å². The van der Waals surface area contributed by atoms with Crippen molar-refractivity contribution < 1.29 is 18.6 Å². The first-order chi connectivity index (χ1) is 14.8. The number of hydrogen-bond acceptors (Lipinski definition) is 10. The zero-order chi connectivity index (χ0) is 22.2. The quantitative estimate of drug-likeness (QED) is 0.429. The van der Waals surface area contributed by atoms with Crippen LogP contribution in [-0.4, -0.2) is 62.7 Å². The monoisotopic (exact) mass is 523 g/mol. The number of sulfonamides is 1. The van der Waals surface area contributed by atoms with Crippen LogP contribution < -0.4 is 10.6 Å². The van der Waals surface area contributed by atoms with Crippen LogP contribution in [0.15, 0.2) is 28.2 Å². The second-order valence-electron chi connectivity index (χ2n) is 6.96. The fourth-order valence-electron chi connectivity index (χ4n) is 3.44. The first-order valence-electron chi connectivity index (χ1n) is 9.31. The van der Waals surface area contributed by atoms with Gasteiger partial charge in [-0.25, -0.2) is 8.42 Å². The first kappa shape index (κ1) is 22.9. The van der Waals surface area contributed by atoms with Crippen LogP contribution in [-0.2, 0) is 10.0 Å². The normalized spacial score (nSPS) is 22.3. The van der Waals surface area contributed by atoms with E-state index in [4.69, 9.17) is 23.2 Å². The molecule has 0 amide bonds. The van der Waals surface area contributed by atoms with Crippen LogP contribution in [0.4, 0.5) is 17.3 Å². The van der Waals surface area contributed by atoms with Gasteiger partial charge in [-0.15, -0.1) is 11.8 Å². The fraction of sp³-hybridized carbons (Fsp3) is 0.412. The first-order valence-corrected chi connectivity index (χ1v) is 13.2. The summed E-state index contributed by atoms with van der Waals surface area (Å²) in [4.78, 5) is 0. The van der Waals surface area contributed by atoms with E-state index in [2.05, 4.69) is 19.4 Å². The van der Waals surface area contributed by atoms with E-state index in [1.165, 1.54) is 4.31 Å². The third kappa shape index (κ3) is 4.47. The van der Waals surface area contributed by atoms with E-state index < -0.39 is 22.1 Å². The van der Waals surface area contributed by atoms with Crippen molar-refractivity contribution in [1.82, 2.24) is 13.1 Å². The summed E-state index contributed by atoms with van der Waals surface area (Å²) in [7, 11) is -3.89. The Balaban J connectivity index is 1.53. The van der Waals surface area contributed by atoms with Crippen LogP contribution in [0.2, 0.25) is 10.0 Å². The average molecular weight is 524 g/mol. The minimum absolute atomic E-state index is 0.0964. The number of aromatic nitrogens is 2. The molecule has 0 radical (unpaired) electrons. The molecule has 2 atom stereocenters. The predicted octanol–water partition coefficient (Wildman–Crippen LogP) is 3.63. The summed E-state index contributed by atoms with van der Waals surface area (Å²) >= 11 is 14.3. The summed E-state index contributed by atoms with van der Waals surface area (Å²) in [5, 5.41) is 27.0.